The number of hydrogen-bond acceptors (Lipinski definition) is 7. The fourth-order valence-electron chi connectivity index (χ4n) is 6.24. The molecule has 6 atom stereocenters. The minimum atomic E-state index is -0.721. The van der Waals surface area contributed by atoms with Gasteiger partial charge in [0, 0.05) is 5.92 Å². The summed E-state index contributed by atoms with van der Waals surface area (Å²) in [4.78, 5) is 0. The Hall–Kier alpha value is -4.30. The summed E-state index contributed by atoms with van der Waals surface area (Å²) in [6, 6.07) is 27.8. The first kappa shape index (κ1) is 32.1. The maximum Gasteiger partial charge on any atom is 0.115 e. The largest absolute Gasteiger partial charge is 0.508 e. The molecule has 1 aliphatic heterocycles. The molecular formula is C38H42O7. The molecule has 0 unspecified atom stereocenters. The van der Waals surface area contributed by atoms with Crippen molar-refractivity contribution in [3.8, 4) is 23.0 Å². The number of allylic oxidation sites excluding steroid dienone is 1. The van der Waals surface area contributed by atoms with E-state index in [4.69, 9.17) is 4.74 Å². The monoisotopic (exact) mass is 610 g/mol. The summed E-state index contributed by atoms with van der Waals surface area (Å²) in [5.41, 5.74) is 3.81. The topological polar surface area (TPSA) is 131 Å². The molecule has 0 spiro atoms. The molecule has 4 aromatic carbocycles. The van der Waals surface area contributed by atoms with E-state index >= 15 is 0 Å². The number of ether oxygens (including phenoxy) is 1. The van der Waals surface area contributed by atoms with Gasteiger partial charge in [0.1, 0.15) is 23.0 Å². The molecule has 45 heavy (non-hydrogen) atoms. The third-order valence-electron chi connectivity index (χ3n) is 8.72. The maximum atomic E-state index is 11.8. The molecule has 4 aromatic rings. The van der Waals surface area contributed by atoms with Crippen molar-refractivity contribution in [2.45, 2.75) is 62.9 Å². The number of aliphatic hydroxyl groups is 2. The zero-order valence-electron chi connectivity index (χ0n) is 25.2. The molecule has 7 nitrogen and oxygen atoms in total. The molecule has 7 heteroatoms. The Morgan fingerprint density at radius 3 is 1.78 bits per heavy atom. The van der Waals surface area contributed by atoms with Gasteiger partial charge in [-0.25, -0.2) is 0 Å². The molecule has 236 valence electrons. The van der Waals surface area contributed by atoms with Gasteiger partial charge in [-0.2, -0.15) is 0 Å². The highest BCUT2D eigenvalue weighted by molar-refractivity contribution is 5.51. The second kappa shape index (κ2) is 15.1. The highest BCUT2D eigenvalue weighted by atomic mass is 16.5. The summed E-state index contributed by atoms with van der Waals surface area (Å²) in [5, 5.41) is 62.0. The van der Waals surface area contributed by atoms with Gasteiger partial charge in [0.2, 0.25) is 0 Å². The molecule has 0 amide bonds. The lowest BCUT2D eigenvalue weighted by Gasteiger charge is -2.44. The Kier molecular flexibility index (Phi) is 10.8. The van der Waals surface area contributed by atoms with Crippen molar-refractivity contribution in [3.63, 3.8) is 0 Å². The van der Waals surface area contributed by atoms with Gasteiger partial charge in [-0.1, -0.05) is 60.7 Å². The number of aryl methyl sites for hydroxylation is 2. The lowest BCUT2D eigenvalue weighted by Crippen LogP contribution is -2.43. The van der Waals surface area contributed by atoms with Gasteiger partial charge in [-0.05, 0) is 115 Å². The average Bonchev–Trinajstić information content (AvgIpc) is 3.03. The number of benzene rings is 4. The zero-order chi connectivity index (χ0) is 31.8. The van der Waals surface area contributed by atoms with Gasteiger partial charge in [0.15, 0.2) is 0 Å². The van der Waals surface area contributed by atoms with Crippen LogP contribution in [0, 0.1) is 11.8 Å². The van der Waals surface area contributed by atoms with Crippen molar-refractivity contribution >= 4 is 6.08 Å². The number of rotatable bonds is 12. The Morgan fingerprint density at radius 2 is 1.20 bits per heavy atom. The smallest absolute Gasteiger partial charge is 0.115 e. The third kappa shape index (κ3) is 9.11. The Labute approximate surface area is 264 Å². The van der Waals surface area contributed by atoms with Gasteiger partial charge in [-0.15, -0.1) is 0 Å². The zero-order valence-corrected chi connectivity index (χ0v) is 25.2. The molecule has 6 N–H and O–H groups in total. The van der Waals surface area contributed by atoms with Crippen LogP contribution in [0.25, 0.3) is 6.08 Å². The summed E-state index contributed by atoms with van der Waals surface area (Å²) in [7, 11) is 0. The first-order valence-corrected chi connectivity index (χ1v) is 15.6. The predicted molar refractivity (Wildman–Crippen MR) is 174 cm³/mol. The highest BCUT2D eigenvalue weighted by Gasteiger charge is 2.42. The van der Waals surface area contributed by atoms with E-state index in [2.05, 4.69) is 0 Å². The van der Waals surface area contributed by atoms with Crippen molar-refractivity contribution in [2.24, 2.45) is 11.8 Å². The van der Waals surface area contributed by atoms with E-state index in [-0.39, 0.29) is 40.9 Å². The van der Waals surface area contributed by atoms with Gasteiger partial charge in [0.05, 0.1) is 24.4 Å². The molecule has 1 saturated heterocycles. The second-order valence-electron chi connectivity index (χ2n) is 12.1. The van der Waals surface area contributed by atoms with Crippen LogP contribution in [0.5, 0.6) is 23.0 Å². The molecule has 0 radical (unpaired) electrons. The van der Waals surface area contributed by atoms with Crippen molar-refractivity contribution in [2.75, 3.05) is 0 Å². The number of phenolic OH excluding ortho intramolecular Hbond substituents is 4. The molecule has 0 aliphatic carbocycles. The average molecular weight is 611 g/mol. The van der Waals surface area contributed by atoms with E-state index < -0.39 is 18.3 Å². The van der Waals surface area contributed by atoms with Crippen LogP contribution >= 0.6 is 0 Å². The second-order valence-corrected chi connectivity index (χ2v) is 12.1. The van der Waals surface area contributed by atoms with Crippen molar-refractivity contribution in [1.29, 1.82) is 0 Å². The molecule has 1 aliphatic rings. The van der Waals surface area contributed by atoms with Crippen LogP contribution in [0.3, 0.4) is 0 Å². The lowest BCUT2D eigenvalue weighted by atomic mass is 9.73. The first-order chi connectivity index (χ1) is 21.7. The molecule has 5 rings (SSSR count). The Bertz CT molecular complexity index is 1500. The van der Waals surface area contributed by atoms with E-state index in [9.17, 15) is 30.6 Å². The van der Waals surface area contributed by atoms with E-state index in [0.717, 1.165) is 28.7 Å². The third-order valence-corrected chi connectivity index (χ3v) is 8.72. The molecular weight excluding hydrogens is 568 g/mol. The summed E-state index contributed by atoms with van der Waals surface area (Å²) in [5.74, 6) is 0.0948. The number of aliphatic hydroxyl groups excluding tert-OH is 2. The van der Waals surface area contributed by atoms with Crippen LogP contribution in [-0.4, -0.2) is 49.0 Å². The van der Waals surface area contributed by atoms with Crippen LogP contribution in [-0.2, 0) is 17.6 Å². The van der Waals surface area contributed by atoms with Crippen LogP contribution in [0.15, 0.2) is 103 Å². The van der Waals surface area contributed by atoms with Crippen molar-refractivity contribution in [1.82, 2.24) is 0 Å². The highest BCUT2D eigenvalue weighted by Crippen LogP contribution is 2.44. The number of phenols is 4. The fraction of sp³-hybridized carbons (Fsp3) is 0.316. The van der Waals surface area contributed by atoms with E-state index in [1.165, 1.54) is 0 Å². The lowest BCUT2D eigenvalue weighted by molar-refractivity contribution is -0.153. The van der Waals surface area contributed by atoms with Crippen molar-refractivity contribution < 1.29 is 35.4 Å². The summed E-state index contributed by atoms with van der Waals surface area (Å²) in [6.07, 6.45) is 5.28. The van der Waals surface area contributed by atoms with Crippen LogP contribution in [0.1, 0.15) is 54.0 Å². The molecule has 1 heterocycles. The van der Waals surface area contributed by atoms with Crippen LogP contribution in [0.4, 0.5) is 0 Å². The van der Waals surface area contributed by atoms with E-state index in [1.807, 2.05) is 60.7 Å². The molecule has 0 saturated carbocycles. The minimum absolute atomic E-state index is 0.143. The standard InChI is InChI=1S/C38H42O7/c39-30-13-2-25(3-14-30)1-10-29(23-34(43)19-8-26-4-15-31(40)16-5-26)37-36(44)24-35(22-9-27-6-17-32(41)18-7-27)45-38(37)28-11-20-33(42)21-12-28/h1-7,10-18,20-21,29,34-44H,8-9,19,22-24H2/b10-1-/t29-,34+,35+,36+,37+,38-/m1/s1. The van der Waals surface area contributed by atoms with Gasteiger partial charge < -0.3 is 35.4 Å². The summed E-state index contributed by atoms with van der Waals surface area (Å²) < 4.78 is 6.75. The quantitative estimate of drug-likeness (QED) is 0.106. The molecule has 1 fully saturated rings. The maximum absolute atomic E-state index is 11.8. The number of hydrogen-bond donors (Lipinski definition) is 6. The van der Waals surface area contributed by atoms with Crippen LogP contribution < -0.4 is 0 Å². The normalized spacial score (nSPS) is 21.5. The first-order valence-electron chi connectivity index (χ1n) is 15.6. The summed E-state index contributed by atoms with van der Waals surface area (Å²) >= 11 is 0. The van der Waals surface area contributed by atoms with Gasteiger partial charge in [0.25, 0.3) is 0 Å². The van der Waals surface area contributed by atoms with Crippen molar-refractivity contribution in [3.05, 3.63) is 125 Å². The predicted octanol–water partition coefficient (Wildman–Crippen LogP) is 6.66. The minimum Gasteiger partial charge on any atom is -0.508 e. The summed E-state index contributed by atoms with van der Waals surface area (Å²) in [6.45, 7) is 0. The van der Waals surface area contributed by atoms with Gasteiger partial charge >= 0.3 is 0 Å². The van der Waals surface area contributed by atoms with Crippen LogP contribution in [0.2, 0.25) is 0 Å². The van der Waals surface area contributed by atoms with E-state index in [1.54, 1.807) is 48.5 Å². The molecule has 0 bridgehead atoms. The molecule has 0 aromatic heterocycles. The SMILES string of the molecule is Oc1ccc(/C=C\[C@H](C[C@@H](O)CCc2ccc(O)cc2)[C@@H]2[C@@H](c3ccc(O)cc3)O[C@@H](CCc3ccc(O)cc3)C[C@@H]2O)cc1. The van der Waals surface area contributed by atoms with E-state index in [0.29, 0.717) is 32.1 Å². The Balaban J connectivity index is 1.39. The fourth-order valence-corrected chi connectivity index (χ4v) is 6.24. The Morgan fingerprint density at radius 1 is 0.689 bits per heavy atom. The van der Waals surface area contributed by atoms with Gasteiger partial charge in [-0.3, -0.25) is 0 Å². The number of aromatic hydroxyl groups is 4.